The highest BCUT2D eigenvalue weighted by atomic mass is 35.5. The monoisotopic (exact) mass is 334 g/mol. The number of urea groups is 1. The van der Waals surface area contributed by atoms with Crippen molar-refractivity contribution >= 4 is 29.2 Å². The molecule has 3 aliphatic heterocycles. The van der Waals surface area contributed by atoms with Crippen LogP contribution in [0.25, 0.3) is 0 Å². The van der Waals surface area contributed by atoms with E-state index < -0.39 is 0 Å². The maximum atomic E-state index is 12.8. The summed E-state index contributed by atoms with van der Waals surface area (Å²) in [6, 6.07) is 5.09. The number of nitrogens with one attached hydrogen (secondary N) is 2. The number of carbonyl (C=O) groups is 2. The number of rotatable bonds is 2. The van der Waals surface area contributed by atoms with Crippen LogP contribution in [0.5, 0.6) is 0 Å². The van der Waals surface area contributed by atoms with Gasteiger partial charge in [-0.3, -0.25) is 9.69 Å². The molecule has 6 nitrogen and oxygen atoms in total. The van der Waals surface area contributed by atoms with Crippen LogP contribution in [0.4, 0.5) is 10.5 Å². The SMILES string of the molecule is O=C(c1cc(N2CCNC2=O)ccc1Cl)N1C[C@H]2CNC[C@H]2C1. The fourth-order valence-corrected chi connectivity index (χ4v) is 3.95. The van der Waals surface area contributed by atoms with Crippen LogP contribution in [0.3, 0.4) is 0 Å². The quantitative estimate of drug-likeness (QED) is 0.853. The minimum absolute atomic E-state index is 0.0362. The van der Waals surface area contributed by atoms with Crippen LogP contribution >= 0.6 is 11.6 Å². The van der Waals surface area contributed by atoms with Crippen molar-refractivity contribution in [2.75, 3.05) is 44.2 Å². The highest BCUT2D eigenvalue weighted by molar-refractivity contribution is 6.34. The standard InChI is InChI=1S/C16H19ClN4O2/c17-14-2-1-12(21-4-3-19-16(21)23)5-13(14)15(22)20-8-10-6-18-7-11(10)9-20/h1-2,5,10-11,18H,3-4,6-9H2,(H,19,23)/t10-,11+. The van der Waals surface area contributed by atoms with Crippen molar-refractivity contribution in [3.8, 4) is 0 Å². The number of hydrogen-bond acceptors (Lipinski definition) is 3. The highest BCUT2D eigenvalue weighted by Crippen LogP contribution is 2.30. The first-order valence-corrected chi connectivity index (χ1v) is 8.36. The fraction of sp³-hybridized carbons (Fsp3) is 0.500. The Morgan fingerprint density at radius 1 is 1.22 bits per heavy atom. The molecular weight excluding hydrogens is 316 g/mol. The summed E-state index contributed by atoms with van der Waals surface area (Å²) >= 11 is 6.25. The van der Waals surface area contributed by atoms with Crippen LogP contribution in [0.15, 0.2) is 18.2 Å². The number of likely N-dealkylation sites (tertiary alicyclic amines) is 1. The average Bonchev–Trinajstić information content (AvgIpc) is 3.22. The van der Waals surface area contributed by atoms with Crippen molar-refractivity contribution in [1.82, 2.24) is 15.5 Å². The second kappa shape index (κ2) is 5.69. The molecule has 0 bridgehead atoms. The van der Waals surface area contributed by atoms with E-state index in [4.69, 9.17) is 11.6 Å². The zero-order chi connectivity index (χ0) is 16.0. The van der Waals surface area contributed by atoms with Crippen LogP contribution < -0.4 is 15.5 Å². The Morgan fingerprint density at radius 2 is 1.96 bits per heavy atom. The van der Waals surface area contributed by atoms with Gasteiger partial charge in [0.15, 0.2) is 0 Å². The van der Waals surface area contributed by atoms with Gasteiger partial charge in [0.25, 0.3) is 5.91 Å². The first-order valence-electron chi connectivity index (χ1n) is 7.98. The van der Waals surface area contributed by atoms with Crippen LogP contribution in [0, 0.1) is 11.8 Å². The molecule has 122 valence electrons. The minimum atomic E-state index is -0.132. The minimum Gasteiger partial charge on any atom is -0.338 e. The van der Waals surface area contributed by atoms with Crippen LogP contribution in [0.1, 0.15) is 10.4 Å². The Hall–Kier alpha value is -1.79. The van der Waals surface area contributed by atoms with Crippen molar-refractivity contribution in [2.24, 2.45) is 11.8 Å². The van der Waals surface area contributed by atoms with Gasteiger partial charge in [-0.1, -0.05) is 11.6 Å². The van der Waals surface area contributed by atoms with Crippen LogP contribution in [0.2, 0.25) is 5.02 Å². The molecule has 3 saturated heterocycles. The van der Waals surface area contributed by atoms with Crippen molar-refractivity contribution in [3.05, 3.63) is 28.8 Å². The first-order chi connectivity index (χ1) is 11.1. The number of hydrogen-bond donors (Lipinski definition) is 2. The van der Waals surface area contributed by atoms with Gasteiger partial charge in [0.1, 0.15) is 0 Å². The van der Waals surface area contributed by atoms with E-state index in [-0.39, 0.29) is 11.9 Å². The summed E-state index contributed by atoms with van der Waals surface area (Å²) in [4.78, 5) is 28.2. The van der Waals surface area contributed by atoms with Gasteiger partial charge in [-0.2, -0.15) is 0 Å². The third-order valence-corrected chi connectivity index (χ3v) is 5.36. The molecule has 3 fully saturated rings. The largest absolute Gasteiger partial charge is 0.338 e. The topological polar surface area (TPSA) is 64.7 Å². The Labute approximate surface area is 139 Å². The summed E-state index contributed by atoms with van der Waals surface area (Å²) in [7, 11) is 0. The van der Waals surface area contributed by atoms with Gasteiger partial charge in [-0.25, -0.2) is 4.79 Å². The summed E-state index contributed by atoms with van der Waals surface area (Å²) in [5.41, 5.74) is 1.20. The molecule has 1 aromatic rings. The molecule has 0 unspecified atom stereocenters. The molecule has 3 amide bonds. The predicted octanol–water partition coefficient (Wildman–Crippen LogP) is 1.16. The van der Waals surface area contributed by atoms with Gasteiger partial charge < -0.3 is 15.5 Å². The summed E-state index contributed by atoms with van der Waals surface area (Å²) in [6.45, 7) is 4.75. The van der Waals surface area contributed by atoms with E-state index in [1.165, 1.54) is 0 Å². The molecule has 23 heavy (non-hydrogen) atoms. The number of halogens is 1. The van der Waals surface area contributed by atoms with Gasteiger partial charge in [0.2, 0.25) is 0 Å². The molecule has 0 aromatic heterocycles. The Balaban J connectivity index is 1.58. The molecule has 4 rings (SSSR count). The Morgan fingerprint density at radius 3 is 2.61 bits per heavy atom. The summed E-state index contributed by atoms with van der Waals surface area (Å²) in [5, 5.41) is 6.57. The fourth-order valence-electron chi connectivity index (χ4n) is 3.75. The van der Waals surface area contributed by atoms with E-state index in [0.717, 1.165) is 26.2 Å². The van der Waals surface area contributed by atoms with Crippen LogP contribution in [-0.2, 0) is 0 Å². The van der Waals surface area contributed by atoms with Crippen molar-refractivity contribution in [1.29, 1.82) is 0 Å². The number of amides is 3. The van der Waals surface area contributed by atoms with Gasteiger partial charge in [0.05, 0.1) is 10.6 Å². The molecular formula is C16H19ClN4O2. The van der Waals surface area contributed by atoms with Crippen molar-refractivity contribution < 1.29 is 9.59 Å². The normalized spacial score (nSPS) is 26.6. The first kappa shape index (κ1) is 14.8. The Bertz CT molecular complexity index is 653. The summed E-state index contributed by atoms with van der Waals surface area (Å²) < 4.78 is 0. The second-order valence-electron chi connectivity index (χ2n) is 6.44. The zero-order valence-electron chi connectivity index (χ0n) is 12.7. The van der Waals surface area contributed by atoms with Crippen LogP contribution in [-0.4, -0.2) is 56.1 Å². The third kappa shape index (κ3) is 2.56. The van der Waals surface area contributed by atoms with Crippen molar-refractivity contribution in [2.45, 2.75) is 0 Å². The number of anilines is 1. The maximum Gasteiger partial charge on any atom is 0.321 e. The van der Waals surface area contributed by atoms with Gasteiger partial charge in [-0.15, -0.1) is 0 Å². The summed E-state index contributed by atoms with van der Waals surface area (Å²) in [5.74, 6) is 1.06. The number of fused-ring (bicyclic) bond motifs is 1. The van der Waals surface area contributed by atoms with Gasteiger partial charge in [-0.05, 0) is 30.0 Å². The molecule has 0 spiro atoms. The average molecular weight is 335 g/mol. The molecule has 2 N–H and O–H groups in total. The number of carbonyl (C=O) groups excluding carboxylic acids is 2. The lowest BCUT2D eigenvalue weighted by Crippen LogP contribution is -2.32. The molecule has 3 heterocycles. The molecule has 3 aliphatic rings. The van der Waals surface area contributed by atoms with E-state index in [9.17, 15) is 9.59 Å². The lowest BCUT2D eigenvalue weighted by Gasteiger charge is -2.20. The third-order valence-electron chi connectivity index (χ3n) is 5.03. The molecule has 7 heteroatoms. The number of benzene rings is 1. The lowest BCUT2D eigenvalue weighted by molar-refractivity contribution is 0.0782. The van der Waals surface area contributed by atoms with E-state index in [1.807, 2.05) is 4.90 Å². The molecule has 0 radical (unpaired) electrons. The van der Waals surface area contributed by atoms with E-state index in [1.54, 1.807) is 23.1 Å². The zero-order valence-corrected chi connectivity index (χ0v) is 13.5. The molecule has 0 aliphatic carbocycles. The maximum absolute atomic E-state index is 12.8. The van der Waals surface area contributed by atoms with Crippen molar-refractivity contribution in [3.63, 3.8) is 0 Å². The molecule has 2 atom stereocenters. The van der Waals surface area contributed by atoms with E-state index in [2.05, 4.69) is 10.6 Å². The highest BCUT2D eigenvalue weighted by Gasteiger charge is 2.38. The van der Waals surface area contributed by atoms with E-state index in [0.29, 0.717) is 41.2 Å². The summed E-state index contributed by atoms with van der Waals surface area (Å²) in [6.07, 6.45) is 0. The lowest BCUT2D eigenvalue weighted by atomic mass is 10.0. The predicted molar refractivity (Wildman–Crippen MR) is 87.9 cm³/mol. The second-order valence-corrected chi connectivity index (χ2v) is 6.84. The Kier molecular flexibility index (Phi) is 3.66. The van der Waals surface area contributed by atoms with E-state index >= 15 is 0 Å². The molecule has 0 saturated carbocycles. The van der Waals surface area contributed by atoms with Gasteiger partial charge >= 0.3 is 6.03 Å². The number of nitrogens with zero attached hydrogens (tertiary/aromatic N) is 2. The smallest absolute Gasteiger partial charge is 0.321 e. The molecule has 1 aromatic carbocycles. The van der Waals surface area contributed by atoms with Gasteiger partial charge in [0, 0.05) is 45.0 Å².